The summed E-state index contributed by atoms with van der Waals surface area (Å²) in [5, 5.41) is 23.3. The van der Waals surface area contributed by atoms with Crippen molar-refractivity contribution in [2.45, 2.75) is 19.1 Å². The number of nitro groups is 1. The van der Waals surface area contributed by atoms with Crippen LogP contribution in [-0.2, 0) is 11.3 Å². The summed E-state index contributed by atoms with van der Waals surface area (Å²) in [7, 11) is 0. The van der Waals surface area contributed by atoms with Gasteiger partial charge in [0.05, 0.1) is 16.5 Å². The third-order valence-electron chi connectivity index (χ3n) is 4.12. The van der Waals surface area contributed by atoms with E-state index in [2.05, 4.69) is 5.32 Å². The number of hydrogen-bond acceptors (Lipinski definition) is 6. The molecule has 3 rings (SSSR count). The van der Waals surface area contributed by atoms with E-state index in [9.17, 15) is 24.8 Å². The molecule has 9 nitrogen and oxygen atoms in total. The number of rotatable bonds is 7. The molecule has 0 saturated carbocycles. The number of nitro benzene ring substituents is 1. The van der Waals surface area contributed by atoms with Crippen LogP contribution < -0.4 is 11.1 Å². The molecule has 0 spiro atoms. The van der Waals surface area contributed by atoms with Gasteiger partial charge in [-0.05, 0) is 29.8 Å². The molecule has 140 valence electrons. The first-order valence-electron chi connectivity index (χ1n) is 8.23. The monoisotopic (exact) mass is 371 g/mol. The molecule has 1 heterocycles. The number of nitrogens with zero attached hydrogens (tertiary/aromatic N) is 2. The summed E-state index contributed by atoms with van der Waals surface area (Å²) < 4.78 is 6.48. The lowest BCUT2D eigenvalue weighted by Gasteiger charge is -2.12. The number of benzene rings is 2. The number of aromatic nitrogens is 1. The van der Waals surface area contributed by atoms with E-state index in [-0.39, 0.29) is 31.1 Å². The minimum atomic E-state index is -0.993. The maximum absolute atomic E-state index is 12.0. The Morgan fingerprint density at radius 2 is 1.93 bits per heavy atom. The molecule has 0 saturated heterocycles. The first-order chi connectivity index (χ1) is 13.0. The van der Waals surface area contributed by atoms with E-state index in [4.69, 9.17) is 4.42 Å². The van der Waals surface area contributed by atoms with Gasteiger partial charge in [-0.1, -0.05) is 12.1 Å². The van der Waals surface area contributed by atoms with Crippen LogP contribution in [0.3, 0.4) is 0 Å². The summed E-state index contributed by atoms with van der Waals surface area (Å²) in [6, 6.07) is 12.4. The molecule has 0 aliphatic rings. The highest BCUT2D eigenvalue weighted by molar-refractivity contribution is 5.76. The van der Waals surface area contributed by atoms with Crippen molar-refractivity contribution in [2.24, 2.45) is 0 Å². The zero-order valence-corrected chi connectivity index (χ0v) is 14.2. The number of aliphatic hydroxyl groups is 1. The molecular formula is C18H17N3O6. The number of oxazole rings is 1. The predicted molar refractivity (Wildman–Crippen MR) is 96.2 cm³/mol. The van der Waals surface area contributed by atoms with Crippen molar-refractivity contribution in [3.05, 3.63) is 74.8 Å². The van der Waals surface area contributed by atoms with E-state index in [0.717, 1.165) is 0 Å². The fourth-order valence-corrected chi connectivity index (χ4v) is 2.67. The van der Waals surface area contributed by atoms with Crippen LogP contribution in [0.15, 0.2) is 57.7 Å². The fraction of sp³-hybridized carbons (Fsp3) is 0.222. The Bertz CT molecular complexity index is 1020. The maximum Gasteiger partial charge on any atom is 0.419 e. The lowest BCUT2D eigenvalue weighted by Crippen LogP contribution is -2.30. The number of amides is 1. The smallest absolute Gasteiger partial charge is 0.408 e. The van der Waals surface area contributed by atoms with Gasteiger partial charge in [0.15, 0.2) is 5.58 Å². The summed E-state index contributed by atoms with van der Waals surface area (Å²) in [6.45, 7) is 0.104. The summed E-state index contributed by atoms with van der Waals surface area (Å²) in [6.07, 6.45) is -0.955. The normalized spacial score (nSPS) is 12.0. The van der Waals surface area contributed by atoms with Gasteiger partial charge < -0.3 is 14.8 Å². The van der Waals surface area contributed by atoms with Crippen LogP contribution >= 0.6 is 0 Å². The lowest BCUT2D eigenvalue weighted by molar-refractivity contribution is -0.384. The van der Waals surface area contributed by atoms with Gasteiger partial charge in [-0.2, -0.15) is 0 Å². The highest BCUT2D eigenvalue weighted by Gasteiger charge is 2.13. The predicted octanol–water partition coefficient (Wildman–Crippen LogP) is 1.74. The molecule has 0 fully saturated rings. The van der Waals surface area contributed by atoms with Gasteiger partial charge in [0.2, 0.25) is 5.91 Å². The average Bonchev–Trinajstić information content (AvgIpc) is 2.99. The molecule has 1 atom stereocenters. The molecule has 0 aliphatic heterocycles. The molecule has 27 heavy (non-hydrogen) atoms. The van der Waals surface area contributed by atoms with Crippen molar-refractivity contribution in [3.8, 4) is 0 Å². The second-order valence-electron chi connectivity index (χ2n) is 5.91. The molecule has 9 heteroatoms. The Morgan fingerprint density at radius 3 is 2.63 bits per heavy atom. The summed E-state index contributed by atoms with van der Waals surface area (Å²) in [5.74, 6) is -0.872. The van der Waals surface area contributed by atoms with Crippen LogP contribution in [0.1, 0.15) is 18.1 Å². The van der Waals surface area contributed by atoms with Gasteiger partial charge >= 0.3 is 5.76 Å². The van der Waals surface area contributed by atoms with Gasteiger partial charge in [-0.15, -0.1) is 0 Å². The number of aliphatic hydroxyl groups excluding tert-OH is 1. The Morgan fingerprint density at radius 1 is 1.22 bits per heavy atom. The standard InChI is InChI=1S/C18H17N3O6/c22-15(12-5-7-13(8-6-12)21(25)26)11-19-17(23)9-10-20-14-3-1-2-4-16(14)27-18(20)24/h1-8,15,22H,9-11H2,(H,19,23)/t15-/m1/s1. The number of carbonyl (C=O) groups excluding carboxylic acids is 1. The van der Waals surface area contributed by atoms with Gasteiger partial charge in [-0.3, -0.25) is 19.5 Å². The molecule has 0 aliphatic carbocycles. The Labute approximate surface area is 153 Å². The second kappa shape index (κ2) is 7.83. The minimum Gasteiger partial charge on any atom is -0.408 e. The molecule has 0 unspecified atom stereocenters. The number of para-hydroxylation sites is 2. The van der Waals surface area contributed by atoms with Crippen LogP contribution in [0.5, 0.6) is 0 Å². The van der Waals surface area contributed by atoms with Crippen LogP contribution in [-0.4, -0.2) is 27.0 Å². The zero-order chi connectivity index (χ0) is 19.4. The van der Waals surface area contributed by atoms with E-state index in [0.29, 0.717) is 16.7 Å². The zero-order valence-electron chi connectivity index (χ0n) is 14.2. The summed E-state index contributed by atoms with van der Waals surface area (Å²) >= 11 is 0. The molecule has 1 aromatic heterocycles. The summed E-state index contributed by atoms with van der Waals surface area (Å²) in [4.78, 5) is 34.0. The van der Waals surface area contributed by atoms with Crippen LogP contribution in [0, 0.1) is 10.1 Å². The molecular weight excluding hydrogens is 354 g/mol. The van der Waals surface area contributed by atoms with E-state index in [1.54, 1.807) is 24.3 Å². The van der Waals surface area contributed by atoms with Crippen molar-refractivity contribution >= 4 is 22.7 Å². The Hall–Kier alpha value is -3.46. The number of aryl methyl sites for hydroxylation is 1. The average molecular weight is 371 g/mol. The minimum absolute atomic E-state index is 0.0381. The number of nitrogens with one attached hydrogen (secondary N) is 1. The quantitative estimate of drug-likeness (QED) is 0.481. The van der Waals surface area contributed by atoms with Crippen molar-refractivity contribution in [1.29, 1.82) is 0 Å². The SMILES string of the molecule is O=C(CCn1c(=O)oc2ccccc21)NC[C@@H](O)c1ccc([N+](=O)[O-])cc1. The highest BCUT2D eigenvalue weighted by atomic mass is 16.6. The molecule has 3 aromatic rings. The van der Waals surface area contributed by atoms with Gasteiger partial charge in [-0.25, -0.2) is 4.79 Å². The lowest BCUT2D eigenvalue weighted by atomic mass is 10.1. The van der Waals surface area contributed by atoms with E-state index >= 15 is 0 Å². The third kappa shape index (κ3) is 4.21. The number of hydrogen-bond donors (Lipinski definition) is 2. The topological polar surface area (TPSA) is 128 Å². The van der Waals surface area contributed by atoms with Crippen molar-refractivity contribution in [1.82, 2.24) is 9.88 Å². The number of carbonyl (C=O) groups is 1. The fourth-order valence-electron chi connectivity index (χ4n) is 2.67. The summed E-state index contributed by atoms with van der Waals surface area (Å²) in [5.41, 5.74) is 1.45. The van der Waals surface area contributed by atoms with Gasteiger partial charge in [0.1, 0.15) is 0 Å². The van der Waals surface area contributed by atoms with Crippen molar-refractivity contribution in [3.63, 3.8) is 0 Å². The van der Waals surface area contributed by atoms with Crippen LogP contribution in [0.2, 0.25) is 0 Å². The van der Waals surface area contributed by atoms with Gasteiger partial charge in [0, 0.05) is 31.6 Å². The van der Waals surface area contributed by atoms with Gasteiger partial charge in [0.25, 0.3) is 5.69 Å². The molecule has 2 aromatic carbocycles. The highest BCUT2D eigenvalue weighted by Crippen LogP contribution is 2.17. The number of fused-ring (bicyclic) bond motifs is 1. The molecule has 0 bridgehead atoms. The van der Waals surface area contributed by atoms with Crippen LogP contribution in [0.25, 0.3) is 11.1 Å². The van der Waals surface area contributed by atoms with Crippen molar-refractivity contribution < 1.29 is 19.2 Å². The van der Waals surface area contributed by atoms with E-state index in [1.165, 1.54) is 28.8 Å². The van der Waals surface area contributed by atoms with E-state index < -0.39 is 16.8 Å². The first kappa shape index (κ1) is 18.3. The molecule has 1 amide bonds. The third-order valence-corrected chi connectivity index (χ3v) is 4.12. The van der Waals surface area contributed by atoms with Crippen molar-refractivity contribution in [2.75, 3.05) is 6.54 Å². The number of non-ortho nitro benzene ring substituents is 1. The Balaban J connectivity index is 1.54. The largest absolute Gasteiger partial charge is 0.419 e. The maximum atomic E-state index is 12.0. The van der Waals surface area contributed by atoms with Crippen LogP contribution in [0.4, 0.5) is 5.69 Å². The first-order valence-corrected chi connectivity index (χ1v) is 8.23. The molecule has 0 radical (unpaired) electrons. The second-order valence-corrected chi connectivity index (χ2v) is 5.91. The van der Waals surface area contributed by atoms with E-state index in [1.807, 2.05) is 0 Å². The molecule has 2 N–H and O–H groups in total. The Kier molecular flexibility index (Phi) is 5.32.